The molecule has 1 saturated carbocycles. The van der Waals surface area contributed by atoms with Crippen LogP contribution in [0.25, 0.3) is 0 Å². The van der Waals surface area contributed by atoms with E-state index in [1.807, 2.05) is 0 Å². The predicted molar refractivity (Wildman–Crippen MR) is 68.4 cm³/mol. The van der Waals surface area contributed by atoms with Crippen LogP contribution < -0.4 is 10.6 Å². The van der Waals surface area contributed by atoms with E-state index < -0.39 is 0 Å². The lowest BCUT2D eigenvalue weighted by Gasteiger charge is -2.21. The molecule has 2 heterocycles. The Morgan fingerprint density at radius 1 is 1.41 bits per heavy atom. The number of piperidine rings is 1. The minimum atomic E-state index is -0.0305. The Hall–Kier alpha value is -0.940. The molecule has 2 aliphatic rings. The molecular formula is C12H17N3OS. The topological polar surface area (TPSA) is 54.0 Å². The summed E-state index contributed by atoms with van der Waals surface area (Å²) in [6.45, 7) is 0.948. The highest BCUT2D eigenvalue weighted by atomic mass is 32.1. The second-order valence-corrected chi connectivity index (χ2v) is 5.70. The van der Waals surface area contributed by atoms with Gasteiger partial charge in [0.25, 0.3) is 0 Å². The number of anilines is 1. The third-order valence-electron chi connectivity index (χ3n) is 3.37. The van der Waals surface area contributed by atoms with Crippen LogP contribution in [0.2, 0.25) is 0 Å². The number of amides is 1. The molecule has 3 rings (SSSR count). The molecule has 2 fully saturated rings. The first-order valence-corrected chi connectivity index (χ1v) is 7.20. The molecule has 1 aromatic rings. The minimum absolute atomic E-state index is 0.0305. The molecule has 0 radical (unpaired) electrons. The van der Waals surface area contributed by atoms with Crippen LogP contribution in [0, 0.1) is 0 Å². The maximum atomic E-state index is 12.0. The lowest BCUT2D eigenvalue weighted by Crippen LogP contribution is -2.43. The Labute approximate surface area is 105 Å². The average molecular weight is 251 g/mol. The molecule has 0 unspecified atom stereocenters. The van der Waals surface area contributed by atoms with Gasteiger partial charge < -0.3 is 10.6 Å². The molecule has 0 aromatic carbocycles. The van der Waals surface area contributed by atoms with Crippen LogP contribution in [0.3, 0.4) is 0 Å². The molecule has 1 aliphatic carbocycles. The van der Waals surface area contributed by atoms with Crippen LogP contribution >= 0.6 is 11.3 Å². The van der Waals surface area contributed by atoms with Crippen LogP contribution in [0.15, 0.2) is 5.38 Å². The van der Waals surface area contributed by atoms with Gasteiger partial charge in [-0.25, -0.2) is 4.98 Å². The van der Waals surface area contributed by atoms with Gasteiger partial charge in [-0.3, -0.25) is 4.79 Å². The van der Waals surface area contributed by atoms with Crippen molar-refractivity contribution in [2.24, 2.45) is 0 Å². The van der Waals surface area contributed by atoms with Crippen LogP contribution in [0.1, 0.15) is 43.7 Å². The minimum Gasteiger partial charge on any atom is -0.306 e. The SMILES string of the molecule is O=C(Nc1nc(C2CC2)cs1)[C@@H]1CCCCN1. The Balaban J connectivity index is 1.58. The van der Waals surface area contributed by atoms with Crippen LogP contribution in [-0.2, 0) is 4.79 Å². The Kier molecular flexibility index (Phi) is 3.11. The number of carbonyl (C=O) groups is 1. The molecule has 1 aliphatic heterocycles. The summed E-state index contributed by atoms with van der Waals surface area (Å²) in [5.41, 5.74) is 1.15. The summed E-state index contributed by atoms with van der Waals surface area (Å²) in [5.74, 6) is 0.728. The molecule has 1 amide bonds. The number of carbonyl (C=O) groups excluding carboxylic acids is 1. The maximum absolute atomic E-state index is 12.0. The quantitative estimate of drug-likeness (QED) is 0.865. The van der Waals surface area contributed by atoms with Crippen molar-refractivity contribution < 1.29 is 4.79 Å². The Morgan fingerprint density at radius 2 is 2.29 bits per heavy atom. The van der Waals surface area contributed by atoms with Gasteiger partial charge >= 0.3 is 0 Å². The fourth-order valence-electron chi connectivity index (χ4n) is 2.18. The standard InChI is InChI=1S/C12H17N3OS/c16-11(9-3-1-2-6-13-9)15-12-14-10(7-17-12)8-4-5-8/h7-9,13H,1-6H2,(H,14,15,16)/t9-/m0/s1. The highest BCUT2D eigenvalue weighted by Gasteiger charge is 2.27. The largest absolute Gasteiger partial charge is 0.306 e. The van der Waals surface area contributed by atoms with Crippen molar-refractivity contribution in [3.8, 4) is 0 Å². The van der Waals surface area contributed by atoms with E-state index in [-0.39, 0.29) is 11.9 Å². The molecule has 17 heavy (non-hydrogen) atoms. The lowest BCUT2D eigenvalue weighted by atomic mass is 10.0. The molecule has 4 nitrogen and oxygen atoms in total. The summed E-state index contributed by atoms with van der Waals surface area (Å²) in [6.07, 6.45) is 5.75. The summed E-state index contributed by atoms with van der Waals surface area (Å²) in [6, 6.07) is -0.0305. The highest BCUT2D eigenvalue weighted by molar-refractivity contribution is 7.13. The van der Waals surface area contributed by atoms with E-state index in [9.17, 15) is 4.79 Å². The number of thiazole rings is 1. The van der Waals surface area contributed by atoms with E-state index in [0.29, 0.717) is 5.92 Å². The fourth-order valence-corrected chi connectivity index (χ4v) is 2.97. The zero-order valence-electron chi connectivity index (χ0n) is 9.74. The fraction of sp³-hybridized carbons (Fsp3) is 0.667. The lowest BCUT2D eigenvalue weighted by molar-refractivity contribution is -0.118. The molecule has 0 spiro atoms. The van der Waals surface area contributed by atoms with Crippen molar-refractivity contribution in [2.75, 3.05) is 11.9 Å². The summed E-state index contributed by atoms with van der Waals surface area (Å²) in [5, 5.41) is 8.99. The summed E-state index contributed by atoms with van der Waals surface area (Å²) in [4.78, 5) is 16.4. The molecule has 1 aromatic heterocycles. The molecule has 1 atom stereocenters. The van der Waals surface area contributed by atoms with Crippen LogP contribution in [0.4, 0.5) is 5.13 Å². The monoisotopic (exact) mass is 251 g/mol. The van der Waals surface area contributed by atoms with Gasteiger partial charge in [0, 0.05) is 11.3 Å². The van der Waals surface area contributed by atoms with Crippen molar-refractivity contribution in [3.05, 3.63) is 11.1 Å². The van der Waals surface area contributed by atoms with E-state index >= 15 is 0 Å². The van der Waals surface area contributed by atoms with Crippen molar-refractivity contribution in [2.45, 2.75) is 44.1 Å². The normalized spacial score (nSPS) is 24.6. The number of aromatic nitrogens is 1. The third-order valence-corrected chi connectivity index (χ3v) is 4.15. The Bertz CT molecular complexity index is 408. The van der Waals surface area contributed by atoms with Crippen molar-refractivity contribution in [3.63, 3.8) is 0 Å². The van der Waals surface area contributed by atoms with E-state index in [0.717, 1.165) is 30.2 Å². The predicted octanol–water partition coefficient (Wildman–Crippen LogP) is 2.10. The number of hydrogen-bond acceptors (Lipinski definition) is 4. The first-order valence-electron chi connectivity index (χ1n) is 6.32. The van der Waals surface area contributed by atoms with Gasteiger partial charge in [0.15, 0.2) is 5.13 Å². The van der Waals surface area contributed by atoms with Gasteiger partial charge in [0.05, 0.1) is 11.7 Å². The summed E-state index contributed by atoms with van der Waals surface area (Å²) >= 11 is 1.54. The molecule has 2 N–H and O–H groups in total. The highest BCUT2D eigenvalue weighted by Crippen LogP contribution is 2.40. The zero-order chi connectivity index (χ0) is 11.7. The van der Waals surface area contributed by atoms with Crippen molar-refractivity contribution >= 4 is 22.4 Å². The second-order valence-electron chi connectivity index (χ2n) is 4.84. The number of rotatable bonds is 3. The van der Waals surface area contributed by atoms with Crippen molar-refractivity contribution in [1.82, 2.24) is 10.3 Å². The van der Waals surface area contributed by atoms with E-state index in [1.54, 1.807) is 0 Å². The van der Waals surface area contributed by atoms with Gasteiger partial charge in [0.2, 0.25) is 5.91 Å². The van der Waals surface area contributed by atoms with Crippen LogP contribution in [-0.4, -0.2) is 23.5 Å². The first kappa shape index (κ1) is 11.2. The molecule has 1 saturated heterocycles. The van der Waals surface area contributed by atoms with Gasteiger partial charge in [-0.15, -0.1) is 11.3 Å². The molecule has 0 bridgehead atoms. The number of hydrogen-bond donors (Lipinski definition) is 2. The van der Waals surface area contributed by atoms with Gasteiger partial charge in [-0.1, -0.05) is 6.42 Å². The molecular weight excluding hydrogens is 234 g/mol. The van der Waals surface area contributed by atoms with Gasteiger partial charge in [0.1, 0.15) is 0 Å². The van der Waals surface area contributed by atoms with Crippen LogP contribution in [0.5, 0.6) is 0 Å². The molecule has 92 valence electrons. The van der Waals surface area contributed by atoms with Gasteiger partial charge in [-0.2, -0.15) is 0 Å². The third kappa shape index (κ3) is 2.66. The second kappa shape index (κ2) is 4.74. The van der Waals surface area contributed by atoms with Gasteiger partial charge in [-0.05, 0) is 32.2 Å². The molecule has 5 heteroatoms. The van der Waals surface area contributed by atoms with E-state index in [2.05, 4.69) is 21.0 Å². The Morgan fingerprint density at radius 3 is 3.00 bits per heavy atom. The number of nitrogens with one attached hydrogen (secondary N) is 2. The summed E-state index contributed by atoms with van der Waals surface area (Å²) in [7, 11) is 0. The average Bonchev–Trinajstić information content (AvgIpc) is 3.12. The van der Waals surface area contributed by atoms with E-state index in [4.69, 9.17) is 0 Å². The zero-order valence-corrected chi connectivity index (χ0v) is 10.6. The van der Waals surface area contributed by atoms with Crippen molar-refractivity contribution in [1.29, 1.82) is 0 Å². The summed E-state index contributed by atoms with van der Waals surface area (Å²) < 4.78 is 0. The smallest absolute Gasteiger partial charge is 0.243 e. The first-order chi connectivity index (χ1) is 8.33. The number of nitrogens with zero attached hydrogens (tertiary/aromatic N) is 1. The maximum Gasteiger partial charge on any atom is 0.243 e. The van der Waals surface area contributed by atoms with E-state index in [1.165, 1.54) is 30.6 Å².